The molecular weight excluding hydrogens is 139 g/mol. The maximum absolute atomic E-state index is 9.49. The molecule has 0 saturated carbocycles. The molecule has 8 heavy (non-hydrogen) atoms. The van der Waals surface area contributed by atoms with Crippen LogP contribution in [0.25, 0.3) is 0 Å². The molecular formula is C3H5NaO3S. The molecule has 5 heteroatoms. The smallest absolute Gasteiger partial charge is 0.750 e. The summed E-state index contributed by atoms with van der Waals surface area (Å²) < 4.78 is 23.0. The van der Waals surface area contributed by atoms with Gasteiger partial charge in [-0.3, -0.25) is 4.18 Å². The normalized spacial score (nSPS) is 11.6. The van der Waals surface area contributed by atoms with E-state index >= 15 is 0 Å². The van der Waals surface area contributed by atoms with Gasteiger partial charge in [-0.2, -0.15) is 0 Å². The minimum atomic E-state index is -2.39. The molecule has 0 aliphatic carbocycles. The Hall–Kier alpha value is 0.810. The van der Waals surface area contributed by atoms with Crippen molar-refractivity contribution in [2.45, 2.75) is 0 Å². The first-order chi connectivity index (χ1) is 3.27. The van der Waals surface area contributed by atoms with Crippen LogP contribution in [0.4, 0.5) is 0 Å². The van der Waals surface area contributed by atoms with E-state index in [4.69, 9.17) is 0 Å². The molecule has 0 spiro atoms. The summed E-state index contributed by atoms with van der Waals surface area (Å²) in [6.07, 6.45) is 1.36. The Balaban J connectivity index is 0. The Morgan fingerprint density at radius 2 is 2.38 bits per heavy atom. The van der Waals surface area contributed by atoms with Crippen LogP contribution in [-0.2, 0) is 15.5 Å². The van der Waals surface area contributed by atoms with Crippen LogP contribution < -0.4 is 29.6 Å². The first-order valence-electron chi connectivity index (χ1n) is 1.61. The van der Waals surface area contributed by atoms with Crippen LogP contribution in [0.3, 0.4) is 0 Å². The monoisotopic (exact) mass is 144 g/mol. The molecule has 0 aliphatic rings. The Kier molecular flexibility index (Phi) is 11.3. The maximum atomic E-state index is 9.49. The average molecular weight is 144 g/mol. The Morgan fingerprint density at radius 1 is 1.88 bits per heavy atom. The Labute approximate surface area is 72.9 Å². The van der Waals surface area contributed by atoms with Gasteiger partial charge >= 0.3 is 29.6 Å². The largest absolute Gasteiger partial charge is 1.00 e. The van der Waals surface area contributed by atoms with Crippen LogP contribution in [0.1, 0.15) is 0 Å². The molecule has 0 N–H and O–H groups in total. The quantitative estimate of drug-likeness (QED) is 0.241. The first kappa shape index (κ1) is 11.6. The van der Waals surface area contributed by atoms with Gasteiger partial charge in [0.05, 0.1) is 18.0 Å². The van der Waals surface area contributed by atoms with Crippen LogP contribution in [0, 0.1) is 0 Å². The van der Waals surface area contributed by atoms with Gasteiger partial charge in [0.2, 0.25) is 0 Å². The van der Waals surface area contributed by atoms with Crippen LogP contribution in [0.5, 0.6) is 0 Å². The van der Waals surface area contributed by atoms with Gasteiger partial charge < -0.3 is 4.55 Å². The van der Waals surface area contributed by atoms with E-state index in [0.717, 1.165) is 0 Å². The molecule has 0 amide bonds. The molecule has 0 rings (SSSR count). The molecule has 0 aliphatic heterocycles. The standard InChI is InChI=1S/C3H6O3S.Na/c1-2-3-6-7(4)5;/h2H,1,3H2,(H,4,5);/q;+1/p-1. The summed E-state index contributed by atoms with van der Waals surface area (Å²) in [5.74, 6) is 0. The second kappa shape index (κ2) is 7.81. The second-order valence-electron chi connectivity index (χ2n) is 0.777. The number of hydrogen-bond acceptors (Lipinski definition) is 3. The van der Waals surface area contributed by atoms with Crippen molar-refractivity contribution in [2.24, 2.45) is 0 Å². The van der Waals surface area contributed by atoms with Gasteiger partial charge in [0.25, 0.3) is 0 Å². The van der Waals surface area contributed by atoms with Crippen LogP contribution in [-0.4, -0.2) is 15.4 Å². The molecule has 1 atom stereocenters. The summed E-state index contributed by atoms with van der Waals surface area (Å²) in [5, 5.41) is 0. The van der Waals surface area contributed by atoms with E-state index in [1.54, 1.807) is 0 Å². The summed E-state index contributed by atoms with van der Waals surface area (Å²) >= 11 is -2.39. The SMILES string of the molecule is C=CCOS(=O)[O-].[Na+]. The molecule has 1 unspecified atom stereocenters. The summed E-state index contributed by atoms with van der Waals surface area (Å²) in [5.41, 5.74) is 0. The summed E-state index contributed by atoms with van der Waals surface area (Å²) in [6, 6.07) is 0. The zero-order chi connectivity index (χ0) is 5.70. The molecule has 42 valence electrons. The van der Waals surface area contributed by atoms with E-state index in [1.165, 1.54) is 6.08 Å². The van der Waals surface area contributed by atoms with Gasteiger partial charge in [-0.05, 0) is 0 Å². The van der Waals surface area contributed by atoms with Crippen molar-refractivity contribution in [2.75, 3.05) is 6.61 Å². The van der Waals surface area contributed by atoms with Crippen LogP contribution in [0.15, 0.2) is 12.7 Å². The van der Waals surface area contributed by atoms with Crippen molar-refractivity contribution < 1.29 is 42.5 Å². The van der Waals surface area contributed by atoms with Gasteiger partial charge in [0.15, 0.2) is 0 Å². The van der Waals surface area contributed by atoms with E-state index in [1.807, 2.05) is 0 Å². The molecule has 0 saturated heterocycles. The van der Waals surface area contributed by atoms with E-state index in [9.17, 15) is 8.76 Å². The molecule has 0 fully saturated rings. The van der Waals surface area contributed by atoms with Gasteiger partial charge in [-0.1, -0.05) is 6.08 Å². The minimum absolute atomic E-state index is 0. The van der Waals surface area contributed by atoms with E-state index in [-0.39, 0.29) is 36.2 Å². The Bertz CT molecular complexity index is 84.6. The van der Waals surface area contributed by atoms with Gasteiger partial charge in [0, 0.05) is 0 Å². The van der Waals surface area contributed by atoms with Gasteiger partial charge in [-0.25, -0.2) is 4.21 Å². The predicted molar refractivity (Wildman–Crippen MR) is 25.1 cm³/mol. The third-order valence-electron chi connectivity index (χ3n) is 0.282. The molecule has 0 aromatic carbocycles. The topological polar surface area (TPSA) is 49.4 Å². The first-order valence-corrected chi connectivity index (χ1v) is 2.61. The van der Waals surface area contributed by atoms with Crippen LogP contribution in [0.2, 0.25) is 0 Å². The van der Waals surface area contributed by atoms with Crippen LogP contribution >= 0.6 is 0 Å². The fourth-order valence-electron chi connectivity index (χ4n) is 0.104. The van der Waals surface area contributed by atoms with Crippen molar-refractivity contribution in [3.8, 4) is 0 Å². The van der Waals surface area contributed by atoms with E-state index in [0.29, 0.717) is 0 Å². The molecule has 0 aromatic rings. The fraction of sp³-hybridized carbons (Fsp3) is 0.333. The molecule has 0 aromatic heterocycles. The fourth-order valence-corrected chi connectivity index (χ4v) is 0.311. The van der Waals surface area contributed by atoms with Gasteiger partial charge in [-0.15, -0.1) is 6.58 Å². The van der Waals surface area contributed by atoms with Crippen molar-refractivity contribution in [3.05, 3.63) is 12.7 Å². The van der Waals surface area contributed by atoms with Crippen molar-refractivity contribution >= 4 is 11.4 Å². The van der Waals surface area contributed by atoms with Gasteiger partial charge in [0.1, 0.15) is 0 Å². The summed E-state index contributed by atoms with van der Waals surface area (Å²) in [7, 11) is 0. The zero-order valence-corrected chi connectivity index (χ0v) is 7.44. The van der Waals surface area contributed by atoms with Crippen molar-refractivity contribution in [3.63, 3.8) is 0 Å². The molecule has 0 radical (unpaired) electrons. The summed E-state index contributed by atoms with van der Waals surface area (Å²) in [4.78, 5) is 0. The van der Waals surface area contributed by atoms with Crippen molar-refractivity contribution in [1.29, 1.82) is 0 Å². The van der Waals surface area contributed by atoms with Crippen molar-refractivity contribution in [1.82, 2.24) is 0 Å². The van der Waals surface area contributed by atoms with E-state index in [2.05, 4.69) is 10.8 Å². The third kappa shape index (κ3) is 9.94. The predicted octanol–water partition coefficient (Wildman–Crippen LogP) is -3.01. The molecule has 0 bridgehead atoms. The minimum Gasteiger partial charge on any atom is -0.750 e. The Morgan fingerprint density at radius 3 is 2.50 bits per heavy atom. The van der Waals surface area contributed by atoms with E-state index < -0.39 is 11.4 Å². The maximum Gasteiger partial charge on any atom is 1.00 e. The second-order valence-corrected chi connectivity index (χ2v) is 1.42. The average Bonchev–Trinajstić information content (AvgIpc) is 1.61. The molecule has 0 heterocycles. The zero-order valence-electron chi connectivity index (χ0n) is 4.62. The summed E-state index contributed by atoms with van der Waals surface area (Å²) in [6.45, 7) is 3.29. The number of hydrogen-bond donors (Lipinski definition) is 0. The number of rotatable bonds is 3. The molecule has 3 nitrogen and oxygen atoms in total. The third-order valence-corrected chi connectivity index (χ3v) is 0.611.